The van der Waals surface area contributed by atoms with Crippen LogP contribution in [0.2, 0.25) is 4.34 Å². The number of benzene rings is 1. The van der Waals surface area contributed by atoms with E-state index in [0.29, 0.717) is 6.42 Å². The van der Waals surface area contributed by atoms with Crippen molar-refractivity contribution in [1.29, 1.82) is 0 Å². The highest BCUT2D eigenvalue weighted by molar-refractivity contribution is 7.19. The van der Waals surface area contributed by atoms with Crippen molar-refractivity contribution in [2.75, 3.05) is 13.2 Å². The summed E-state index contributed by atoms with van der Waals surface area (Å²) in [5.41, 5.74) is 1.46. The number of ether oxygens (including phenoxy) is 2. The van der Waals surface area contributed by atoms with Gasteiger partial charge in [0.25, 0.3) is 0 Å². The number of fused-ring (bicyclic) bond motifs is 1. The molecule has 1 heterocycles. The Labute approximate surface area is 174 Å². The summed E-state index contributed by atoms with van der Waals surface area (Å²) in [4.78, 5) is 27.0. The second kappa shape index (κ2) is 7.88. The Morgan fingerprint density at radius 3 is 2.25 bits per heavy atom. The Bertz CT molecular complexity index is 882. The molecule has 0 unspecified atom stereocenters. The van der Waals surface area contributed by atoms with E-state index in [2.05, 4.69) is 19.9 Å². The summed E-state index contributed by atoms with van der Waals surface area (Å²) < 4.78 is 11.4. The van der Waals surface area contributed by atoms with E-state index in [0.717, 1.165) is 25.9 Å². The minimum atomic E-state index is -1.33. The van der Waals surface area contributed by atoms with Gasteiger partial charge in [0.05, 0.1) is 17.6 Å². The van der Waals surface area contributed by atoms with Crippen LogP contribution in [0.3, 0.4) is 0 Å². The number of hydrogen-bond donors (Lipinski definition) is 0. The van der Waals surface area contributed by atoms with Crippen molar-refractivity contribution >= 4 is 34.9 Å². The number of rotatable bonds is 5. The van der Waals surface area contributed by atoms with Gasteiger partial charge in [-0.15, -0.1) is 11.3 Å². The van der Waals surface area contributed by atoms with Gasteiger partial charge in [-0.1, -0.05) is 43.6 Å². The molecule has 4 nitrogen and oxygen atoms in total. The quantitative estimate of drug-likeness (QED) is 0.479. The van der Waals surface area contributed by atoms with Gasteiger partial charge in [0.2, 0.25) is 0 Å². The van der Waals surface area contributed by atoms with E-state index in [4.69, 9.17) is 21.1 Å². The van der Waals surface area contributed by atoms with Gasteiger partial charge in [-0.25, -0.2) is 0 Å². The Hall–Kier alpha value is -1.85. The summed E-state index contributed by atoms with van der Waals surface area (Å²) >= 11 is 7.68. The van der Waals surface area contributed by atoms with Crippen LogP contribution in [0.4, 0.5) is 0 Å². The van der Waals surface area contributed by atoms with Crippen molar-refractivity contribution in [3.63, 3.8) is 0 Å². The molecule has 3 rings (SSSR count). The predicted octanol–water partition coefficient (Wildman–Crippen LogP) is 5.40. The molecule has 2 aromatic rings. The number of esters is 2. The number of thiophene rings is 1. The molecule has 0 radical (unpaired) electrons. The maximum Gasteiger partial charge on any atom is 0.323 e. The van der Waals surface area contributed by atoms with Crippen molar-refractivity contribution in [3.05, 3.63) is 45.8 Å². The fourth-order valence-corrected chi connectivity index (χ4v) is 5.43. The Kier molecular flexibility index (Phi) is 5.87. The average Bonchev–Trinajstić information content (AvgIpc) is 3.07. The predicted molar refractivity (Wildman–Crippen MR) is 112 cm³/mol. The highest BCUT2D eigenvalue weighted by Crippen LogP contribution is 2.51. The van der Waals surface area contributed by atoms with Gasteiger partial charge in [-0.05, 0) is 60.9 Å². The van der Waals surface area contributed by atoms with Crippen LogP contribution < -0.4 is 0 Å². The highest BCUT2D eigenvalue weighted by atomic mass is 35.5. The number of carbonyl (C=O) groups is 2. The van der Waals surface area contributed by atoms with Gasteiger partial charge >= 0.3 is 11.9 Å². The van der Waals surface area contributed by atoms with Gasteiger partial charge in [-0.2, -0.15) is 0 Å². The third-order valence-corrected chi connectivity index (χ3v) is 6.50. The van der Waals surface area contributed by atoms with Crippen LogP contribution in [0, 0.1) is 5.41 Å². The number of hydrogen-bond acceptors (Lipinski definition) is 5. The maximum atomic E-state index is 13.0. The first kappa shape index (κ1) is 20.9. The second-order valence-corrected chi connectivity index (χ2v) is 9.42. The largest absolute Gasteiger partial charge is 0.465 e. The molecular formula is C22H25ClO4S. The Morgan fingerprint density at radius 1 is 1.07 bits per heavy atom. The van der Waals surface area contributed by atoms with Crippen LogP contribution in [-0.2, 0) is 30.9 Å². The first-order chi connectivity index (χ1) is 13.2. The van der Waals surface area contributed by atoms with E-state index in [1.807, 2.05) is 24.3 Å². The third-order valence-electron chi connectivity index (χ3n) is 5.23. The lowest BCUT2D eigenvalue weighted by atomic mass is 9.60. The zero-order valence-corrected chi connectivity index (χ0v) is 18.2. The second-order valence-electron chi connectivity index (χ2n) is 7.70. The molecular weight excluding hydrogens is 396 g/mol. The molecule has 150 valence electrons. The van der Waals surface area contributed by atoms with Crippen LogP contribution in [0.15, 0.2) is 30.3 Å². The molecule has 6 heteroatoms. The van der Waals surface area contributed by atoms with Gasteiger partial charge in [0.15, 0.2) is 5.41 Å². The lowest BCUT2D eigenvalue weighted by Crippen LogP contribution is -2.50. The zero-order chi connectivity index (χ0) is 20.5. The van der Waals surface area contributed by atoms with Crippen LogP contribution in [0.25, 0.3) is 10.4 Å². The van der Waals surface area contributed by atoms with Crippen LogP contribution in [0.5, 0.6) is 0 Å². The molecule has 0 aliphatic heterocycles. The average molecular weight is 421 g/mol. The molecule has 0 bridgehead atoms. The first-order valence-corrected chi connectivity index (χ1v) is 10.7. The molecule has 1 aromatic carbocycles. The highest BCUT2D eigenvalue weighted by Gasteiger charge is 2.55. The summed E-state index contributed by atoms with van der Waals surface area (Å²) in [6.07, 6.45) is 0.608. The van der Waals surface area contributed by atoms with Crippen molar-refractivity contribution in [3.8, 4) is 10.4 Å². The normalized spacial score (nSPS) is 16.9. The van der Waals surface area contributed by atoms with Crippen molar-refractivity contribution < 1.29 is 19.1 Å². The number of halogens is 1. The van der Waals surface area contributed by atoms with Gasteiger partial charge in [0.1, 0.15) is 0 Å². The van der Waals surface area contributed by atoms with Crippen molar-refractivity contribution in [2.45, 2.75) is 46.0 Å². The van der Waals surface area contributed by atoms with Crippen molar-refractivity contribution in [2.24, 2.45) is 5.41 Å². The molecule has 0 N–H and O–H groups in total. The van der Waals surface area contributed by atoms with E-state index < -0.39 is 22.8 Å². The molecule has 0 saturated heterocycles. The Balaban J connectivity index is 2.16. The number of carbonyl (C=O) groups excluding carboxylic acids is 2. The molecule has 1 aliphatic carbocycles. The first-order valence-electron chi connectivity index (χ1n) is 9.47. The van der Waals surface area contributed by atoms with E-state index in [9.17, 15) is 9.59 Å². The molecule has 1 aromatic heterocycles. The zero-order valence-electron chi connectivity index (χ0n) is 16.6. The molecule has 0 spiro atoms. The topological polar surface area (TPSA) is 52.6 Å². The molecule has 0 atom stereocenters. The minimum Gasteiger partial charge on any atom is -0.465 e. The Morgan fingerprint density at radius 2 is 1.71 bits per heavy atom. The van der Waals surface area contributed by atoms with E-state index >= 15 is 0 Å². The van der Waals surface area contributed by atoms with E-state index in [1.54, 1.807) is 13.8 Å². The summed E-state index contributed by atoms with van der Waals surface area (Å²) in [7, 11) is 0. The fourth-order valence-electron chi connectivity index (χ4n) is 4.35. The lowest BCUT2D eigenvalue weighted by molar-refractivity contribution is -0.174. The SMILES string of the molecule is CCOC(=O)C1(C(=O)OCC)Cc2cccc(-c3ccc(Cl)s3)c2C(C)(C)C1. The van der Waals surface area contributed by atoms with E-state index in [1.165, 1.54) is 11.3 Å². The summed E-state index contributed by atoms with van der Waals surface area (Å²) in [6.45, 7) is 8.07. The summed E-state index contributed by atoms with van der Waals surface area (Å²) in [5, 5.41) is 0. The van der Waals surface area contributed by atoms with Gasteiger partial charge in [-0.3, -0.25) is 9.59 Å². The molecule has 0 fully saturated rings. The minimum absolute atomic E-state index is 0.223. The van der Waals surface area contributed by atoms with E-state index in [-0.39, 0.29) is 19.6 Å². The molecule has 1 aliphatic rings. The maximum absolute atomic E-state index is 13.0. The van der Waals surface area contributed by atoms with Crippen LogP contribution >= 0.6 is 22.9 Å². The molecule has 28 heavy (non-hydrogen) atoms. The van der Waals surface area contributed by atoms with Crippen LogP contribution in [-0.4, -0.2) is 25.2 Å². The third kappa shape index (κ3) is 3.58. The molecule has 0 saturated carbocycles. The standard InChI is InChI=1S/C22H25ClO4S/c1-5-26-19(24)22(20(25)27-6-2)12-14-8-7-9-15(16-10-11-17(23)28-16)18(14)21(3,4)13-22/h7-11H,5-6,12-13H2,1-4H3. The fraction of sp³-hybridized carbons (Fsp3) is 0.455. The van der Waals surface area contributed by atoms with Gasteiger partial charge < -0.3 is 9.47 Å². The smallest absolute Gasteiger partial charge is 0.323 e. The molecule has 0 amide bonds. The van der Waals surface area contributed by atoms with Gasteiger partial charge in [0, 0.05) is 4.88 Å². The monoisotopic (exact) mass is 420 g/mol. The summed E-state index contributed by atoms with van der Waals surface area (Å²) in [6, 6.07) is 9.92. The van der Waals surface area contributed by atoms with Crippen LogP contribution in [0.1, 0.15) is 45.2 Å². The lowest BCUT2D eigenvalue weighted by Gasteiger charge is -2.43. The summed E-state index contributed by atoms with van der Waals surface area (Å²) in [5.74, 6) is -1.01. The van der Waals surface area contributed by atoms with Crippen molar-refractivity contribution in [1.82, 2.24) is 0 Å².